The van der Waals surface area contributed by atoms with Gasteiger partial charge < -0.3 is 24.3 Å². The molecule has 1 N–H and O–H groups in total. The zero-order chi connectivity index (χ0) is 25.2. The van der Waals surface area contributed by atoms with Crippen LogP contribution in [0.25, 0.3) is 0 Å². The number of esters is 1. The minimum Gasteiger partial charge on any atom is -0.504 e. The molecule has 9 nitrogen and oxygen atoms in total. The van der Waals surface area contributed by atoms with Gasteiger partial charge in [-0.05, 0) is 47.0 Å². The van der Waals surface area contributed by atoms with Crippen LogP contribution in [-0.4, -0.2) is 72.2 Å². The lowest BCUT2D eigenvalue weighted by Gasteiger charge is -2.23. The molecule has 1 aromatic heterocycles. The summed E-state index contributed by atoms with van der Waals surface area (Å²) in [5, 5.41) is 14.9. The molecule has 1 atom stereocenters. The van der Waals surface area contributed by atoms with Gasteiger partial charge in [0.1, 0.15) is 18.7 Å². The van der Waals surface area contributed by atoms with Crippen molar-refractivity contribution in [3.63, 3.8) is 0 Å². The fraction of sp³-hybridized carbons (Fsp3) is 0.333. The number of benzene rings is 1. The van der Waals surface area contributed by atoms with Gasteiger partial charge in [-0.3, -0.25) is 9.59 Å². The SMILES string of the molecule is C=C1C[C@@H](/C=N/OC)N(C(=O)c2cc(OC)c(O)cc2CC(=O)OCCSSc2ccccn2)C1. The van der Waals surface area contributed by atoms with Crippen LogP contribution in [-0.2, 0) is 20.8 Å². The maximum absolute atomic E-state index is 13.5. The van der Waals surface area contributed by atoms with E-state index in [4.69, 9.17) is 14.3 Å². The van der Waals surface area contributed by atoms with Crippen LogP contribution < -0.4 is 4.74 Å². The summed E-state index contributed by atoms with van der Waals surface area (Å²) in [6.07, 6.45) is 3.64. The van der Waals surface area contributed by atoms with E-state index >= 15 is 0 Å². The predicted molar refractivity (Wildman–Crippen MR) is 136 cm³/mol. The molecule has 1 aliphatic heterocycles. The molecule has 186 valence electrons. The normalized spacial score (nSPS) is 15.4. The van der Waals surface area contributed by atoms with Gasteiger partial charge in [-0.1, -0.05) is 34.2 Å². The van der Waals surface area contributed by atoms with E-state index in [1.807, 2.05) is 18.2 Å². The Morgan fingerprint density at radius 2 is 2.17 bits per heavy atom. The summed E-state index contributed by atoms with van der Waals surface area (Å²) in [4.78, 5) is 36.6. The van der Waals surface area contributed by atoms with E-state index in [2.05, 4.69) is 16.7 Å². The molecule has 0 aliphatic carbocycles. The number of phenolic OH excluding ortho intramolecular Hbond substituents is 1. The van der Waals surface area contributed by atoms with Gasteiger partial charge in [0.2, 0.25) is 0 Å². The molecular formula is C24H27N3O6S2. The molecule has 0 bridgehead atoms. The van der Waals surface area contributed by atoms with Crippen molar-refractivity contribution in [3.05, 3.63) is 59.8 Å². The molecule has 1 aliphatic rings. The highest BCUT2D eigenvalue weighted by Crippen LogP contribution is 2.33. The van der Waals surface area contributed by atoms with Gasteiger partial charge in [0.05, 0.1) is 25.8 Å². The maximum Gasteiger partial charge on any atom is 0.310 e. The largest absolute Gasteiger partial charge is 0.504 e. The smallest absolute Gasteiger partial charge is 0.310 e. The van der Waals surface area contributed by atoms with Crippen molar-refractivity contribution in [2.45, 2.75) is 23.9 Å². The number of methoxy groups -OCH3 is 1. The van der Waals surface area contributed by atoms with E-state index in [1.165, 1.54) is 47.9 Å². The van der Waals surface area contributed by atoms with Crippen molar-refractivity contribution in [1.29, 1.82) is 0 Å². The zero-order valence-corrected chi connectivity index (χ0v) is 21.1. The summed E-state index contributed by atoms with van der Waals surface area (Å²) in [5.41, 5.74) is 1.45. The van der Waals surface area contributed by atoms with E-state index in [-0.39, 0.29) is 42.0 Å². The van der Waals surface area contributed by atoms with E-state index in [9.17, 15) is 14.7 Å². The standard InChI is InChI=1S/C24H27N3O6S2/c1-16-10-18(14-26-32-3)27(15-16)24(30)19-13-21(31-2)20(28)11-17(19)12-23(29)33-8-9-34-35-22-6-4-5-7-25-22/h4-7,11,13-14,18,28H,1,8-10,12,15H2,2-3H3/b26-14+/t18-/m0/s1. The molecule has 2 aromatic rings. The summed E-state index contributed by atoms with van der Waals surface area (Å²) in [5.74, 6) is -0.302. The second kappa shape index (κ2) is 13.1. The van der Waals surface area contributed by atoms with Gasteiger partial charge >= 0.3 is 5.97 Å². The highest BCUT2D eigenvalue weighted by molar-refractivity contribution is 8.76. The van der Waals surface area contributed by atoms with Crippen molar-refractivity contribution >= 4 is 39.7 Å². The highest BCUT2D eigenvalue weighted by Gasteiger charge is 2.32. The number of hydrogen-bond acceptors (Lipinski definition) is 10. The number of phenols is 1. The van der Waals surface area contributed by atoms with Crippen molar-refractivity contribution in [2.75, 3.05) is 33.1 Å². The fourth-order valence-electron chi connectivity index (χ4n) is 3.49. The number of nitrogens with zero attached hydrogens (tertiary/aromatic N) is 3. The van der Waals surface area contributed by atoms with Crippen molar-refractivity contribution in [1.82, 2.24) is 9.88 Å². The Labute approximate surface area is 211 Å². The Morgan fingerprint density at radius 1 is 1.34 bits per heavy atom. The van der Waals surface area contributed by atoms with E-state index in [0.717, 1.165) is 10.6 Å². The molecule has 0 radical (unpaired) electrons. The number of oxime groups is 1. The first-order valence-corrected chi connectivity index (χ1v) is 13.0. The number of carbonyl (C=O) groups is 2. The van der Waals surface area contributed by atoms with Gasteiger partial charge in [-0.2, -0.15) is 0 Å². The van der Waals surface area contributed by atoms with E-state index in [1.54, 1.807) is 17.3 Å². The van der Waals surface area contributed by atoms with Crippen molar-refractivity contribution < 1.29 is 29.0 Å². The van der Waals surface area contributed by atoms with Gasteiger partial charge in [0.15, 0.2) is 11.5 Å². The van der Waals surface area contributed by atoms with Crippen LogP contribution in [0, 0.1) is 0 Å². The molecule has 11 heteroatoms. The van der Waals surface area contributed by atoms with Crippen LogP contribution in [0.5, 0.6) is 11.5 Å². The molecule has 0 saturated carbocycles. The third-order valence-electron chi connectivity index (χ3n) is 5.07. The minimum absolute atomic E-state index is 0.133. The van der Waals surface area contributed by atoms with E-state index in [0.29, 0.717) is 24.3 Å². The lowest BCUT2D eigenvalue weighted by atomic mass is 10.0. The lowest BCUT2D eigenvalue weighted by molar-refractivity contribution is -0.142. The Morgan fingerprint density at radius 3 is 2.89 bits per heavy atom. The summed E-state index contributed by atoms with van der Waals surface area (Å²) in [6, 6.07) is 8.12. The average molecular weight is 518 g/mol. The summed E-state index contributed by atoms with van der Waals surface area (Å²) >= 11 is 0. The van der Waals surface area contributed by atoms with Crippen LogP contribution in [0.2, 0.25) is 0 Å². The molecule has 0 spiro atoms. The monoisotopic (exact) mass is 517 g/mol. The van der Waals surface area contributed by atoms with Crippen LogP contribution in [0.15, 0.2) is 58.9 Å². The third-order valence-corrected chi connectivity index (χ3v) is 7.30. The molecule has 1 amide bonds. The predicted octanol–water partition coefficient (Wildman–Crippen LogP) is 3.72. The van der Waals surface area contributed by atoms with Crippen molar-refractivity contribution in [3.8, 4) is 11.5 Å². The molecule has 35 heavy (non-hydrogen) atoms. The Bertz CT molecular complexity index is 1080. The number of pyridine rings is 1. The second-order valence-corrected chi connectivity index (χ2v) is 9.98. The molecule has 2 heterocycles. The number of rotatable bonds is 11. The summed E-state index contributed by atoms with van der Waals surface area (Å²) < 4.78 is 10.5. The van der Waals surface area contributed by atoms with Crippen molar-refractivity contribution in [2.24, 2.45) is 5.16 Å². The number of hydrogen-bond donors (Lipinski definition) is 1. The van der Waals surface area contributed by atoms with Crippen LogP contribution >= 0.6 is 21.6 Å². The third kappa shape index (κ3) is 7.40. The summed E-state index contributed by atoms with van der Waals surface area (Å²) in [7, 11) is 5.84. The molecule has 1 saturated heterocycles. The fourth-order valence-corrected chi connectivity index (χ4v) is 5.19. The number of amides is 1. The Kier molecular flexibility index (Phi) is 9.86. The highest BCUT2D eigenvalue weighted by atomic mass is 33.1. The first-order valence-electron chi connectivity index (χ1n) is 10.7. The second-order valence-electron chi connectivity index (χ2n) is 7.54. The number of ether oxygens (including phenoxy) is 2. The first-order chi connectivity index (χ1) is 16.9. The molecule has 1 fully saturated rings. The van der Waals surface area contributed by atoms with Gasteiger partial charge in [-0.15, -0.1) is 0 Å². The van der Waals surface area contributed by atoms with Gasteiger partial charge in [-0.25, -0.2) is 4.98 Å². The first kappa shape index (κ1) is 26.4. The zero-order valence-electron chi connectivity index (χ0n) is 19.5. The summed E-state index contributed by atoms with van der Waals surface area (Å²) in [6.45, 7) is 4.53. The number of carbonyl (C=O) groups excluding carboxylic acids is 2. The van der Waals surface area contributed by atoms with E-state index < -0.39 is 5.97 Å². The molecule has 3 rings (SSSR count). The van der Waals surface area contributed by atoms with Gasteiger partial charge in [0, 0.05) is 24.1 Å². The Hall–Kier alpha value is -3.18. The van der Waals surface area contributed by atoms with Crippen LogP contribution in [0.1, 0.15) is 22.3 Å². The number of aromatic hydroxyl groups is 1. The maximum atomic E-state index is 13.5. The number of likely N-dealkylation sites (tertiary alicyclic amines) is 1. The molecule has 0 unspecified atom stereocenters. The van der Waals surface area contributed by atoms with Crippen LogP contribution in [0.3, 0.4) is 0 Å². The molecule has 1 aromatic carbocycles. The van der Waals surface area contributed by atoms with Crippen LogP contribution in [0.4, 0.5) is 0 Å². The lowest BCUT2D eigenvalue weighted by Crippen LogP contribution is -2.37. The Balaban J connectivity index is 1.66. The quantitative estimate of drug-likeness (QED) is 0.119. The minimum atomic E-state index is -0.504. The molecular weight excluding hydrogens is 490 g/mol. The average Bonchev–Trinajstić information content (AvgIpc) is 3.23. The van der Waals surface area contributed by atoms with Gasteiger partial charge in [0.25, 0.3) is 5.91 Å². The topological polar surface area (TPSA) is 111 Å². The number of aromatic nitrogens is 1.